The van der Waals surface area contributed by atoms with Crippen LogP contribution in [0.5, 0.6) is 0 Å². The van der Waals surface area contributed by atoms with Crippen molar-refractivity contribution in [2.45, 2.75) is 33.6 Å². The highest BCUT2D eigenvalue weighted by atomic mass is 32.2. The fraction of sp³-hybridized carbons (Fsp3) is 0.917. The largest absolute Gasteiger partial charge is 0.302 e. The van der Waals surface area contributed by atoms with Crippen molar-refractivity contribution in [3.05, 3.63) is 0 Å². The Morgan fingerprint density at radius 2 is 2.07 bits per heavy atom. The zero-order chi connectivity index (χ0) is 11.5. The Balaban J connectivity index is 3.65. The van der Waals surface area contributed by atoms with Crippen LogP contribution in [-0.4, -0.2) is 36.0 Å². The topological polar surface area (TPSA) is 27.0 Å². The smallest absolute Gasteiger partial charge is 0.0635 e. The van der Waals surface area contributed by atoms with Crippen LogP contribution in [0, 0.1) is 17.2 Å². The van der Waals surface area contributed by atoms with E-state index in [4.69, 9.17) is 5.26 Å². The van der Waals surface area contributed by atoms with E-state index in [-0.39, 0.29) is 0 Å². The highest BCUT2D eigenvalue weighted by Gasteiger charge is 2.06. The molecule has 0 aromatic carbocycles. The van der Waals surface area contributed by atoms with Gasteiger partial charge in [-0.3, -0.25) is 0 Å². The average Bonchev–Trinajstić information content (AvgIpc) is 2.19. The van der Waals surface area contributed by atoms with Crippen molar-refractivity contribution in [2.75, 3.05) is 31.1 Å². The molecule has 15 heavy (non-hydrogen) atoms. The predicted molar refractivity (Wildman–Crippen MR) is 69.1 cm³/mol. The molecule has 3 heteroatoms. The van der Waals surface area contributed by atoms with Crippen molar-refractivity contribution in [2.24, 2.45) is 5.92 Å². The summed E-state index contributed by atoms with van der Waals surface area (Å²) in [5, 5.41) is 8.58. The zero-order valence-electron chi connectivity index (χ0n) is 10.3. The summed E-state index contributed by atoms with van der Waals surface area (Å²) in [6.07, 6.45) is 1.91. The lowest BCUT2D eigenvalue weighted by molar-refractivity contribution is 0.250. The first-order valence-electron chi connectivity index (χ1n) is 5.87. The Labute approximate surface area is 99.0 Å². The number of rotatable bonds is 9. The molecule has 0 unspecified atom stereocenters. The summed E-state index contributed by atoms with van der Waals surface area (Å²) >= 11 is 2.00. The second-order valence-electron chi connectivity index (χ2n) is 4.15. The lowest BCUT2D eigenvalue weighted by Gasteiger charge is -2.22. The van der Waals surface area contributed by atoms with Crippen molar-refractivity contribution in [3.63, 3.8) is 0 Å². The molecule has 88 valence electrons. The van der Waals surface area contributed by atoms with Gasteiger partial charge in [-0.15, -0.1) is 0 Å². The molecule has 0 atom stereocenters. The van der Waals surface area contributed by atoms with E-state index in [0.717, 1.165) is 19.6 Å². The summed E-state index contributed by atoms with van der Waals surface area (Å²) in [6, 6.07) is 2.23. The highest BCUT2D eigenvalue weighted by molar-refractivity contribution is 7.99. The maximum absolute atomic E-state index is 8.58. The number of nitriles is 1. The fourth-order valence-corrected chi connectivity index (χ4v) is 2.18. The molecule has 0 aliphatic heterocycles. The molecule has 0 fully saturated rings. The molecule has 0 radical (unpaired) electrons. The molecule has 0 rings (SSSR count). The molecular weight excluding hydrogens is 204 g/mol. The van der Waals surface area contributed by atoms with Crippen molar-refractivity contribution in [1.29, 1.82) is 5.26 Å². The third kappa shape index (κ3) is 10.1. The molecule has 0 aromatic heterocycles. The van der Waals surface area contributed by atoms with E-state index >= 15 is 0 Å². The summed E-state index contributed by atoms with van der Waals surface area (Å²) in [7, 11) is 0. The standard InChI is InChI=1S/C12H24N2S/c1-4-15-10-6-9-14(8-5-7-13)11-12(2)3/h12H,4-6,8-11H2,1-3H3. The Bertz CT molecular complexity index is 175. The van der Waals surface area contributed by atoms with Crippen LogP contribution in [0.1, 0.15) is 33.6 Å². The summed E-state index contributed by atoms with van der Waals surface area (Å²) in [5.41, 5.74) is 0. The molecule has 0 saturated heterocycles. The summed E-state index contributed by atoms with van der Waals surface area (Å²) in [6.45, 7) is 9.88. The quantitative estimate of drug-likeness (QED) is 0.568. The third-order valence-electron chi connectivity index (χ3n) is 2.13. The summed E-state index contributed by atoms with van der Waals surface area (Å²) in [4.78, 5) is 2.42. The van der Waals surface area contributed by atoms with Crippen LogP contribution in [0.2, 0.25) is 0 Å². The van der Waals surface area contributed by atoms with Gasteiger partial charge in [-0.05, 0) is 30.4 Å². The van der Waals surface area contributed by atoms with Gasteiger partial charge in [0, 0.05) is 19.5 Å². The predicted octanol–water partition coefficient (Wildman–Crippen LogP) is 3.00. The Morgan fingerprint density at radius 3 is 2.60 bits per heavy atom. The first-order chi connectivity index (χ1) is 7.20. The minimum Gasteiger partial charge on any atom is -0.302 e. The second-order valence-corrected chi connectivity index (χ2v) is 5.55. The normalized spacial score (nSPS) is 10.9. The van der Waals surface area contributed by atoms with Crippen molar-refractivity contribution in [1.82, 2.24) is 4.90 Å². The number of hydrogen-bond acceptors (Lipinski definition) is 3. The number of nitrogens with zero attached hydrogens (tertiary/aromatic N) is 2. The summed E-state index contributed by atoms with van der Waals surface area (Å²) < 4.78 is 0. The SMILES string of the molecule is CCSCCCN(CCC#N)CC(C)C. The summed E-state index contributed by atoms with van der Waals surface area (Å²) in [5.74, 6) is 3.16. The van der Waals surface area contributed by atoms with E-state index in [1.54, 1.807) is 0 Å². The maximum Gasteiger partial charge on any atom is 0.0635 e. The van der Waals surface area contributed by atoms with Crippen LogP contribution in [-0.2, 0) is 0 Å². The molecule has 0 aliphatic carbocycles. The molecule has 0 saturated carbocycles. The Kier molecular flexibility index (Phi) is 10.2. The first-order valence-corrected chi connectivity index (χ1v) is 7.03. The van der Waals surface area contributed by atoms with E-state index in [1.807, 2.05) is 11.8 Å². The fourth-order valence-electron chi connectivity index (χ4n) is 1.55. The first kappa shape index (κ1) is 14.8. The maximum atomic E-state index is 8.58. The minimum absolute atomic E-state index is 0.660. The van der Waals surface area contributed by atoms with Crippen LogP contribution in [0.4, 0.5) is 0 Å². The van der Waals surface area contributed by atoms with Crippen LogP contribution in [0.25, 0.3) is 0 Å². The van der Waals surface area contributed by atoms with Crippen molar-refractivity contribution in [3.8, 4) is 6.07 Å². The van der Waals surface area contributed by atoms with Crippen LogP contribution in [0.3, 0.4) is 0 Å². The van der Waals surface area contributed by atoms with Gasteiger partial charge >= 0.3 is 0 Å². The van der Waals surface area contributed by atoms with E-state index in [0.29, 0.717) is 12.3 Å². The van der Waals surface area contributed by atoms with Gasteiger partial charge in [0.25, 0.3) is 0 Å². The van der Waals surface area contributed by atoms with Gasteiger partial charge in [-0.25, -0.2) is 0 Å². The molecule has 0 spiro atoms. The zero-order valence-corrected chi connectivity index (χ0v) is 11.1. The third-order valence-corrected chi connectivity index (χ3v) is 3.12. The number of thioether (sulfide) groups is 1. The second kappa shape index (κ2) is 10.3. The Hall–Kier alpha value is -0.200. The Morgan fingerprint density at radius 1 is 1.33 bits per heavy atom. The molecular formula is C12H24N2S. The molecule has 0 aromatic rings. The molecule has 0 bridgehead atoms. The van der Waals surface area contributed by atoms with Gasteiger partial charge in [0.1, 0.15) is 0 Å². The molecule has 0 N–H and O–H groups in total. The molecule has 0 aliphatic rings. The van der Waals surface area contributed by atoms with Gasteiger partial charge in [0.2, 0.25) is 0 Å². The minimum atomic E-state index is 0.660. The lowest BCUT2D eigenvalue weighted by Crippen LogP contribution is -2.30. The van der Waals surface area contributed by atoms with Crippen molar-refractivity contribution < 1.29 is 0 Å². The monoisotopic (exact) mass is 228 g/mol. The van der Waals surface area contributed by atoms with Gasteiger partial charge in [-0.1, -0.05) is 20.8 Å². The van der Waals surface area contributed by atoms with E-state index in [9.17, 15) is 0 Å². The highest BCUT2D eigenvalue weighted by Crippen LogP contribution is 2.05. The van der Waals surface area contributed by atoms with Crippen LogP contribution in [0.15, 0.2) is 0 Å². The molecule has 0 amide bonds. The number of hydrogen-bond donors (Lipinski definition) is 0. The van der Waals surface area contributed by atoms with Gasteiger partial charge in [-0.2, -0.15) is 17.0 Å². The lowest BCUT2D eigenvalue weighted by atomic mass is 10.2. The van der Waals surface area contributed by atoms with Gasteiger partial charge in [0.05, 0.1) is 6.07 Å². The van der Waals surface area contributed by atoms with E-state index in [2.05, 4.69) is 31.7 Å². The van der Waals surface area contributed by atoms with Gasteiger partial charge in [0.15, 0.2) is 0 Å². The van der Waals surface area contributed by atoms with Gasteiger partial charge < -0.3 is 4.90 Å². The van der Waals surface area contributed by atoms with E-state index in [1.165, 1.54) is 17.9 Å². The molecule has 2 nitrogen and oxygen atoms in total. The van der Waals surface area contributed by atoms with Crippen LogP contribution >= 0.6 is 11.8 Å². The van der Waals surface area contributed by atoms with Crippen LogP contribution < -0.4 is 0 Å². The van der Waals surface area contributed by atoms with E-state index < -0.39 is 0 Å². The average molecular weight is 228 g/mol. The van der Waals surface area contributed by atoms with Crippen molar-refractivity contribution >= 4 is 11.8 Å². The molecule has 0 heterocycles.